The lowest BCUT2D eigenvalue weighted by atomic mass is 9.57. The first-order valence-electron chi connectivity index (χ1n) is 4.95. The Morgan fingerprint density at radius 2 is 2.21 bits per heavy atom. The lowest BCUT2D eigenvalue weighted by Gasteiger charge is -2.48. The molecular formula is C12H12O2. The molecule has 1 aliphatic heterocycles. The van der Waals surface area contributed by atoms with Crippen molar-refractivity contribution in [3.8, 4) is 5.75 Å². The van der Waals surface area contributed by atoms with Crippen molar-refractivity contribution >= 4 is 5.78 Å². The quantitative estimate of drug-likeness (QED) is 0.623. The summed E-state index contributed by atoms with van der Waals surface area (Å²) in [6.45, 7) is 2.81. The van der Waals surface area contributed by atoms with Crippen LogP contribution in [-0.2, 0) is 4.79 Å². The number of carbonyl (C=O) groups excluding carboxylic acids is 1. The highest BCUT2D eigenvalue weighted by Crippen LogP contribution is 2.54. The Kier molecular flexibility index (Phi) is 1.37. The summed E-state index contributed by atoms with van der Waals surface area (Å²) in [5, 5.41) is 0. The van der Waals surface area contributed by atoms with Crippen molar-refractivity contribution < 1.29 is 9.53 Å². The molecule has 1 heterocycles. The van der Waals surface area contributed by atoms with Crippen molar-refractivity contribution in [1.82, 2.24) is 0 Å². The highest BCUT2D eigenvalue weighted by molar-refractivity contribution is 5.94. The van der Waals surface area contributed by atoms with Crippen LogP contribution in [0.4, 0.5) is 0 Å². The fourth-order valence-electron chi connectivity index (χ4n) is 2.64. The van der Waals surface area contributed by atoms with Crippen LogP contribution >= 0.6 is 0 Å². The first kappa shape index (κ1) is 8.04. The second-order valence-electron chi connectivity index (χ2n) is 4.56. The van der Waals surface area contributed by atoms with Crippen molar-refractivity contribution in [3.63, 3.8) is 0 Å². The Morgan fingerprint density at radius 3 is 3.00 bits per heavy atom. The molecule has 1 saturated carbocycles. The maximum absolute atomic E-state index is 11.6. The molecule has 0 bridgehead atoms. The number of Topliss-reactive ketones (excluding diaryl/α,β-unsaturated/α-hetero) is 1. The Bertz CT molecular complexity index is 411. The van der Waals surface area contributed by atoms with Crippen LogP contribution in [0.15, 0.2) is 24.3 Å². The molecule has 1 fully saturated rings. The summed E-state index contributed by atoms with van der Waals surface area (Å²) in [6.07, 6.45) is 0.673. The van der Waals surface area contributed by atoms with E-state index in [9.17, 15) is 4.79 Å². The third-order valence-electron chi connectivity index (χ3n) is 3.38. The van der Waals surface area contributed by atoms with E-state index in [-0.39, 0.29) is 11.3 Å². The fourth-order valence-corrected chi connectivity index (χ4v) is 2.64. The lowest BCUT2D eigenvalue weighted by Crippen LogP contribution is -2.50. The van der Waals surface area contributed by atoms with E-state index in [4.69, 9.17) is 4.74 Å². The van der Waals surface area contributed by atoms with Crippen LogP contribution in [0.5, 0.6) is 5.75 Å². The largest absolute Gasteiger partial charge is 0.493 e. The van der Waals surface area contributed by atoms with E-state index in [2.05, 4.69) is 6.92 Å². The third-order valence-corrected chi connectivity index (χ3v) is 3.38. The van der Waals surface area contributed by atoms with Crippen LogP contribution in [0.3, 0.4) is 0 Å². The van der Waals surface area contributed by atoms with E-state index < -0.39 is 0 Å². The minimum atomic E-state index is 0.0609. The lowest BCUT2D eigenvalue weighted by molar-refractivity contribution is -0.139. The van der Waals surface area contributed by atoms with Crippen LogP contribution in [0.1, 0.15) is 24.8 Å². The van der Waals surface area contributed by atoms with Gasteiger partial charge in [-0.3, -0.25) is 4.79 Å². The van der Waals surface area contributed by atoms with Gasteiger partial charge in [0.2, 0.25) is 0 Å². The van der Waals surface area contributed by atoms with E-state index in [1.807, 2.05) is 24.3 Å². The summed E-state index contributed by atoms with van der Waals surface area (Å²) in [6, 6.07) is 7.87. The summed E-state index contributed by atoms with van der Waals surface area (Å²) in [5.41, 5.74) is 1.14. The van der Waals surface area contributed by atoms with E-state index in [1.54, 1.807) is 0 Å². The second kappa shape index (κ2) is 2.38. The zero-order valence-corrected chi connectivity index (χ0v) is 8.12. The Labute approximate surface area is 82.9 Å². The van der Waals surface area contributed by atoms with Crippen LogP contribution in [0, 0.1) is 5.41 Å². The summed E-state index contributed by atoms with van der Waals surface area (Å²) < 4.78 is 5.66. The molecule has 3 rings (SSSR count). The molecule has 0 N–H and O–H groups in total. The molecule has 72 valence electrons. The maximum Gasteiger partial charge on any atom is 0.141 e. The molecule has 1 aromatic carbocycles. The fraction of sp³-hybridized carbons (Fsp3) is 0.417. The molecule has 0 unspecified atom stereocenters. The van der Waals surface area contributed by atoms with Gasteiger partial charge in [-0.2, -0.15) is 0 Å². The van der Waals surface area contributed by atoms with E-state index >= 15 is 0 Å². The minimum absolute atomic E-state index is 0.0609. The van der Waals surface area contributed by atoms with Gasteiger partial charge in [-0.05, 0) is 6.07 Å². The zero-order valence-electron chi connectivity index (χ0n) is 8.12. The van der Waals surface area contributed by atoms with Crippen molar-refractivity contribution in [1.29, 1.82) is 0 Å². The van der Waals surface area contributed by atoms with Crippen molar-refractivity contribution in [2.24, 2.45) is 5.41 Å². The number of rotatable bonds is 0. The average molecular weight is 188 g/mol. The monoisotopic (exact) mass is 188 g/mol. The van der Waals surface area contributed by atoms with Gasteiger partial charge in [-0.1, -0.05) is 25.1 Å². The second-order valence-corrected chi connectivity index (χ2v) is 4.56. The van der Waals surface area contributed by atoms with Crippen molar-refractivity contribution in [2.75, 3.05) is 6.61 Å². The summed E-state index contributed by atoms with van der Waals surface area (Å²) in [7, 11) is 0. The molecule has 2 nitrogen and oxygen atoms in total. The molecule has 2 heteroatoms. The number of para-hydroxylation sites is 1. The molecular weight excluding hydrogens is 176 g/mol. The summed E-state index contributed by atoms with van der Waals surface area (Å²) in [4.78, 5) is 11.6. The highest BCUT2D eigenvalue weighted by atomic mass is 16.5. The summed E-state index contributed by atoms with van der Waals surface area (Å²) in [5.74, 6) is 1.35. The Balaban J connectivity index is 2.13. The number of fused-ring (bicyclic) bond motifs is 3. The number of ketones is 1. The first-order chi connectivity index (χ1) is 6.71. The number of carbonyl (C=O) groups is 1. The van der Waals surface area contributed by atoms with Gasteiger partial charge >= 0.3 is 0 Å². The van der Waals surface area contributed by atoms with Crippen molar-refractivity contribution in [3.05, 3.63) is 29.8 Å². The SMILES string of the molecule is C[C@]12COc3ccccc3[C@H]1C(=O)C2. The molecule has 1 aromatic rings. The van der Waals surface area contributed by atoms with E-state index in [0.717, 1.165) is 11.3 Å². The van der Waals surface area contributed by atoms with Gasteiger partial charge in [-0.15, -0.1) is 0 Å². The Morgan fingerprint density at radius 1 is 1.43 bits per heavy atom. The maximum atomic E-state index is 11.6. The molecule has 0 aromatic heterocycles. The zero-order chi connectivity index (χ0) is 9.76. The topological polar surface area (TPSA) is 26.3 Å². The molecule has 0 saturated heterocycles. The van der Waals surface area contributed by atoms with Gasteiger partial charge in [0.25, 0.3) is 0 Å². The molecule has 0 amide bonds. The van der Waals surface area contributed by atoms with Crippen LogP contribution in [0.2, 0.25) is 0 Å². The molecule has 14 heavy (non-hydrogen) atoms. The van der Waals surface area contributed by atoms with Gasteiger partial charge in [0.1, 0.15) is 11.5 Å². The average Bonchev–Trinajstić information content (AvgIpc) is 2.15. The van der Waals surface area contributed by atoms with Crippen LogP contribution < -0.4 is 4.74 Å². The normalized spacial score (nSPS) is 33.8. The predicted molar refractivity (Wildman–Crippen MR) is 52.4 cm³/mol. The van der Waals surface area contributed by atoms with Gasteiger partial charge in [-0.25, -0.2) is 0 Å². The van der Waals surface area contributed by atoms with Gasteiger partial charge < -0.3 is 4.74 Å². The van der Waals surface area contributed by atoms with E-state index in [0.29, 0.717) is 18.8 Å². The molecule has 0 radical (unpaired) electrons. The molecule has 0 spiro atoms. The highest BCUT2D eigenvalue weighted by Gasteiger charge is 2.54. The Hall–Kier alpha value is -1.31. The molecule has 2 atom stereocenters. The third kappa shape index (κ3) is 0.834. The first-order valence-corrected chi connectivity index (χ1v) is 4.95. The number of ether oxygens (including phenoxy) is 1. The van der Waals surface area contributed by atoms with Crippen molar-refractivity contribution in [2.45, 2.75) is 19.3 Å². The number of benzene rings is 1. The minimum Gasteiger partial charge on any atom is -0.493 e. The van der Waals surface area contributed by atoms with Gasteiger partial charge in [0.15, 0.2) is 0 Å². The summed E-state index contributed by atoms with van der Waals surface area (Å²) >= 11 is 0. The molecule has 2 aliphatic rings. The smallest absolute Gasteiger partial charge is 0.141 e. The van der Waals surface area contributed by atoms with Gasteiger partial charge in [0, 0.05) is 17.4 Å². The van der Waals surface area contributed by atoms with Crippen LogP contribution in [0.25, 0.3) is 0 Å². The number of hydrogen-bond donors (Lipinski definition) is 0. The molecule has 1 aliphatic carbocycles. The predicted octanol–water partition coefficient (Wildman–Crippen LogP) is 2.14. The van der Waals surface area contributed by atoms with Gasteiger partial charge in [0.05, 0.1) is 12.5 Å². The number of hydrogen-bond acceptors (Lipinski definition) is 2. The standard InChI is InChI=1S/C12H12O2/c1-12-6-9(13)11(12)8-4-2-3-5-10(8)14-7-12/h2-5,11H,6-7H2,1H3/t11-,12-/m0/s1. The van der Waals surface area contributed by atoms with Crippen LogP contribution in [-0.4, -0.2) is 12.4 Å². The van der Waals surface area contributed by atoms with E-state index in [1.165, 1.54) is 0 Å².